The van der Waals surface area contributed by atoms with E-state index in [1.165, 1.54) is 77.0 Å². The molecule has 0 bridgehead atoms. The Balaban J connectivity index is 4.36. The third-order valence-electron chi connectivity index (χ3n) is 7.11. The lowest BCUT2D eigenvalue weighted by molar-refractivity contribution is -0.167. The molecule has 0 saturated carbocycles. The molecule has 0 saturated heterocycles. The minimum absolute atomic E-state index is 0.0667. The van der Waals surface area contributed by atoms with Gasteiger partial charge in [-0.1, -0.05) is 136 Å². The van der Waals surface area contributed by atoms with Crippen LogP contribution in [0, 0.1) is 0 Å². The molecule has 0 aromatic carbocycles. The predicted octanol–water partition coefficient (Wildman–Crippen LogP) is 9.41. The molecule has 39 heavy (non-hydrogen) atoms. The SMILES string of the molecule is CCCCCCCCCC(=O)OCC(COC(=O)CCCCCCCCC)OC(=O)CCCCCCCCC. The molecule has 0 aromatic heterocycles. The van der Waals surface area contributed by atoms with E-state index in [0.717, 1.165) is 57.8 Å². The van der Waals surface area contributed by atoms with E-state index in [2.05, 4.69) is 20.8 Å². The van der Waals surface area contributed by atoms with Crippen LogP contribution in [0.25, 0.3) is 0 Å². The van der Waals surface area contributed by atoms with Gasteiger partial charge in [0.05, 0.1) is 0 Å². The van der Waals surface area contributed by atoms with Crippen molar-refractivity contribution in [3.63, 3.8) is 0 Å². The maximum atomic E-state index is 12.4. The van der Waals surface area contributed by atoms with Gasteiger partial charge in [0.25, 0.3) is 0 Å². The number of hydrogen-bond acceptors (Lipinski definition) is 6. The molecule has 0 aliphatic carbocycles. The van der Waals surface area contributed by atoms with Crippen molar-refractivity contribution in [2.45, 2.75) is 181 Å². The fraction of sp³-hybridized carbons (Fsp3) is 0.909. The smallest absolute Gasteiger partial charge is 0.306 e. The lowest BCUT2D eigenvalue weighted by Crippen LogP contribution is -2.30. The molecule has 0 aliphatic heterocycles. The van der Waals surface area contributed by atoms with Crippen LogP contribution in [0.3, 0.4) is 0 Å². The first kappa shape index (κ1) is 37.4. The van der Waals surface area contributed by atoms with Crippen LogP contribution in [-0.2, 0) is 28.6 Å². The number of unbranched alkanes of at least 4 members (excludes halogenated alkanes) is 18. The zero-order valence-electron chi connectivity index (χ0n) is 25.9. The van der Waals surface area contributed by atoms with Crippen LogP contribution in [-0.4, -0.2) is 37.2 Å². The second kappa shape index (κ2) is 29.4. The van der Waals surface area contributed by atoms with Crippen LogP contribution in [0.4, 0.5) is 0 Å². The van der Waals surface area contributed by atoms with Crippen molar-refractivity contribution in [3.05, 3.63) is 0 Å². The Bertz CT molecular complexity index is 543. The summed E-state index contributed by atoms with van der Waals surface area (Å²) in [5, 5.41) is 0. The summed E-state index contributed by atoms with van der Waals surface area (Å²) in [7, 11) is 0. The van der Waals surface area contributed by atoms with E-state index in [9.17, 15) is 14.4 Å². The molecule has 0 aliphatic rings. The molecule has 0 amide bonds. The quantitative estimate of drug-likeness (QED) is 0.0520. The van der Waals surface area contributed by atoms with E-state index in [4.69, 9.17) is 14.2 Å². The van der Waals surface area contributed by atoms with Gasteiger partial charge >= 0.3 is 17.9 Å². The van der Waals surface area contributed by atoms with Crippen molar-refractivity contribution in [2.75, 3.05) is 13.2 Å². The molecule has 0 aromatic rings. The number of rotatable bonds is 29. The molecule has 0 unspecified atom stereocenters. The number of carbonyl (C=O) groups is 3. The van der Waals surface area contributed by atoms with Gasteiger partial charge in [0.1, 0.15) is 13.2 Å². The average Bonchev–Trinajstić information content (AvgIpc) is 2.93. The zero-order chi connectivity index (χ0) is 28.8. The summed E-state index contributed by atoms with van der Waals surface area (Å²) in [5.74, 6) is -0.892. The van der Waals surface area contributed by atoms with Gasteiger partial charge in [0.15, 0.2) is 6.10 Å². The van der Waals surface area contributed by atoms with E-state index < -0.39 is 6.10 Å². The van der Waals surface area contributed by atoms with Crippen LogP contribution < -0.4 is 0 Å². The van der Waals surface area contributed by atoms with Crippen molar-refractivity contribution in [1.82, 2.24) is 0 Å². The van der Waals surface area contributed by atoms with Gasteiger partial charge in [0, 0.05) is 19.3 Å². The zero-order valence-corrected chi connectivity index (χ0v) is 25.9. The van der Waals surface area contributed by atoms with Crippen LogP contribution in [0.1, 0.15) is 175 Å². The van der Waals surface area contributed by atoms with Crippen molar-refractivity contribution >= 4 is 17.9 Å². The van der Waals surface area contributed by atoms with Crippen molar-refractivity contribution in [1.29, 1.82) is 0 Å². The lowest BCUT2D eigenvalue weighted by atomic mass is 10.1. The van der Waals surface area contributed by atoms with E-state index in [0.29, 0.717) is 19.3 Å². The van der Waals surface area contributed by atoms with Crippen molar-refractivity contribution in [2.24, 2.45) is 0 Å². The molecule has 0 N–H and O–H groups in total. The van der Waals surface area contributed by atoms with Crippen LogP contribution in [0.15, 0.2) is 0 Å². The monoisotopic (exact) mass is 554 g/mol. The molecule has 0 rings (SSSR count). The highest BCUT2D eigenvalue weighted by Crippen LogP contribution is 2.12. The molecular formula is C33H62O6. The molecule has 0 radical (unpaired) electrons. The Labute approximate surface area is 240 Å². The Morgan fingerprint density at radius 1 is 0.410 bits per heavy atom. The standard InChI is InChI=1S/C33H62O6/c1-4-7-10-13-16-19-22-25-31(34)37-28-30(39-33(36)27-24-21-18-15-12-9-6-3)29-38-32(35)26-23-20-17-14-11-8-5-2/h30H,4-29H2,1-3H3. The van der Waals surface area contributed by atoms with Gasteiger partial charge in [-0.05, 0) is 19.3 Å². The molecule has 6 heteroatoms. The molecule has 0 atom stereocenters. The normalized spacial score (nSPS) is 11.1. The molecule has 0 spiro atoms. The Hall–Kier alpha value is -1.59. The number of carbonyl (C=O) groups excluding carboxylic acids is 3. The summed E-state index contributed by atoms with van der Waals surface area (Å²) in [6.07, 6.45) is 24.0. The molecular weight excluding hydrogens is 492 g/mol. The number of esters is 3. The molecule has 6 nitrogen and oxygen atoms in total. The Morgan fingerprint density at radius 2 is 0.692 bits per heavy atom. The summed E-state index contributed by atoms with van der Waals surface area (Å²) < 4.78 is 16.4. The third-order valence-corrected chi connectivity index (χ3v) is 7.11. The first-order chi connectivity index (χ1) is 19.0. The highest BCUT2D eigenvalue weighted by Gasteiger charge is 2.19. The summed E-state index contributed by atoms with van der Waals surface area (Å²) in [4.78, 5) is 36.9. The summed E-state index contributed by atoms with van der Waals surface area (Å²) in [6.45, 7) is 6.47. The third kappa shape index (κ3) is 27.8. The molecule has 0 fully saturated rings. The largest absolute Gasteiger partial charge is 0.462 e. The molecule has 230 valence electrons. The molecule has 0 heterocycles. The van der Waals surface area contributed by atoms with Gasteiger partial charge < -0.3 is 14.2 Å². The Morgan fingerprint density at radius 3 is 1.03 bits per heavy atom. The van der Waals surface area contributed by atoms with Crippen molar-refractivity contribution in [3.8, 4) is 0 Å². The minimum Gasteiger partial charge on any atom is -0.462 e. The summed E-state index contributed by atoms with van der Waals surface area (Å²) in [5.41, 5.74) is 0. The van der Waals surface area contributed by atoms with Crippen molar-refractivity contribution < 1.29 is 28.6 Å². The van der Waals surface area contributed by atoms with Crippen LogP contribution in [0.5, 0.6) is 0 Å². The first-order valence-corrected chi connectivity index (χ1v) is 16.5. The fourth-order valence-electron chi connectivity index (χ4n) is 4.56. The maximum Gasteiger partial charge on any atom is 0.306 e. The second-order valence-corrected chi connectivity index (χ2v) is 11.1. The first-order valence-electron chi connectivity index (χ1n) is 16.5. The minimum atomic E-state index is -0.752. The van der Waals surface area contributed by atoms with E-state index in [-0.39, 0.29) is 31.1 Å². The highest BCUT2D eigenvalue weighted by atomic mass is 16.6. The van der Waals surface area contributed by atoms with Crippen LogP contribution >= 0.6 is 0 Å². The van der Waals surface area contributed by atoms with E-state index in [1.807, 2.05) is 0 Å². The second-order valence-electron chi connectivity index (χ2n) is 11.1. The summed E-state index contributed by atoms with van der Waals surface area (Å²) in [6, 6.07) is 0. The predicted molar refractivity (Wildman–Crippen MR) is 160 cm³/mol. The van der Waals surface area contributed by atoms with Gasteiger partial charge in [-0.2, -0.15) is 0 Å². The van der Waals surface area contributed by atoms with Gasteiger partial charge in [0.2, 0.25) is 0 Å². The summed E-state index contributed by atoms with van der Waals surface area (Å²) >= 11 is 0. The average molecular weight is 555 g/mol. The van der Waals surface area contributed by atoms with E-state index in [1.54, 1.807) is 0 Å². The number of hydrogen-bond donors (Lipinski definition) is 0. The lowest BCUT2D eigenvalue weighted by Gasteiger charge is -2.18. The van der Waals surface area contributed by atoms with Gasteiger partial charge in [-0.3, -0.25) is 14.4 Å². The highest BCUT2D eigenvalue weighted by molar-refractivity contribution is 5.71. The van der Waals surface area contributed by atoms with Gasteiger partial charge in [-0.25, -0.2) is 0 Å². The Kier molecular flexibility index (Phi) is 28.2. The van der Waals surface area contributed by atoms with Gasteiger partial charge in [-0.15, -0.1) is 0 Å². The topological polar surface area (TPSA) is 78.9 Å². The van der Waals surface area contributed by atoms with E-state index >= 15 is 0 Å². The maximum absolute atomic E-state index is 12.4. The fourth-order valence-corrected chi connectivity index (χ4v) is 4.56. The number of ether oxygens (including phenoxy) is 3. The van der Waals surface area contributed by atoms with Crippen LogP contribution in [0.2, 0.25) is 0 Å².